The lowest BCUT2D eigenvalue weighted by molar-refractivity contribution is -0.120. The molecule has 3 rings (SSSR count). The maximum Gasteiger partial charge on any atom is 0.239 e. The van der Waals surface area contributed by atoms with E-state index in [4.69, 9.17) is 4.74 Å². The molecule has 1 heterocycles. The molecule has 2 aromatic carbocycles. The Morgan fingerprint density at radius 3 is 2.59 bits per heavy atom. The molecule has 3 aromatic rings. The fraction of sp³-hybridized carbons (Fsp3) is 0.250. The topological polar surface area (TPSA) is 54.5 Å². The van der Waals surface area contributed by atoms with Crippen LogP contribution in [0.15, 0.2) is 79.0 Å². The number of carbonyl (C=O) groups excluding carboxylic acids is 1. The van der Waals surface area contributed by atoms with E-state index in [9.17, 15) is 4.79 Å². The van der Waals surface area contributed by atoms with Crippen LogP contribution in [0.2, 0.25) is 0 Å². The van der Waals surface area contributed by atoms with Crippen LogP contribution in [0.3, 0.4) is 0 Å². The molecule has 5 nitrogen and oxygen atoms in total. The van der Waals surface area contributed by atoms with Gasteiger partial charge in [-0.05, 0) is 55.8 Å². The largest absolute Gasteiger partial charge is 0.487 e. The van der Waals surface area contributed by atoms with Crippen molar-refractivity contribution in [3.05, 3.63) is 90.3 Å². The van der Waals surface area contributed by atoms with Crippen molar-refractivity contribution in [3.63, 3.8) is 0 Å². The number of anilines is 1. The number of ether oxygens (including phenoxy) is 1. The molecule has 29 heavy (non-hydrogen) atoms. The van der Waals surface area contributed by atoms with Crippen molar-refractivity contribution >= 4 is 11.6 Å². The monoisotopic (exact) mass is 389 g/mol. The van der Waals surface area contributed by atoms with Gasteiger partial charge in [-0.3, -0.25) is 9.78 Å². The Bertz CT molecular complexity index is 900. The van der Waals surface area contributed by atoms with Crippen molar-refractivity contribution in [2.45, 2.75) is 26.5 Å². The summed E-state index contributed by atoms with van der Waals surface area (Å²) in [6.07, 6.45) is 1.75. The van der Waals surface area contributed by atoms with Gasteiger partial charge >= 0.3 is 0 Å². The first kappa shape index (κ1) is 20.4. The summed E-state index contributed by atoms with van der Waals surface area (Å²) in [5, 5.41) is 3.08. The summed E-state index contributed by atoms with van der Waals surface area (Å²) >= 11 is 0. The molecule has 150 valence electrons. The van der Waals surface area contributed by atoms with Gasteiger partial charge in [0.1, 0.15) is 12.4 Å². The summed E-state index contributed by atoms with van der Waals surface area (Å²) < 4.78 is 5.84. The molecule has 0 aliphatic carbocycles. The molecule has 1 amide bonds. The summed E-state index contributed by atoms with van der Waals surface area (Å²) in [5.41, 5.74) is 2.92. The van der Waals surface area contributed by atoms with E-state index in [2.05, 4.69) is 15.2 Å². The third kappa shape index (κ3) is 6.07. The number of rotatable bonds is 9. The van der Waals surface area contributed by atoms with Crippen molar-refractivity contribution in [2.24, 2.45) is 0 Å². The van der Waals surface area contributed by atoms with Crippen LogP contribution in [0.4, 0.5) is 5.69 Å². The van der Waals surface area contributed by atoms with E-state index in [1.165, 1.54) is 0 Å². The molecule has 1 N–H and O–H groups in total. The standard InChI is InChI=1S/C24H27N3O2/c1-3-27(22-12-5-4-6-13-22)17-24(28)26-19(2)20-10-9-14-23(16-20)29-18-21-11-7-8-15-25-21/h4-16,19H,3,17-18H2,1-2H3,(H,26,28). The lowest BCUT2D eigenvalue weighted by Crippen LogP contribution is -2.38. The first-order valence-electron chi connectivity index (χ1n) is 9.87. The molecular weight excluding hydrogens is 362 g/mol. The third-order valence-corrected chi connectivity index (χ3v) is 4.69. The van der Waals surface area contributed by atoms with Crippen LogP contribution in [0.25, 0.3) is 0 Å². The van der Waals surface area contributed by atoms with E-state index in [1.807, 2.05) is 86.6 Å². The molecule has 0 saturated heterocycles. The lowest BCUT2D eigenvalue weighted by atomic mass is 10.1. The molecule has 1 unspecified atom stereocenters. The highest BCUT2D eigenvalue weighted by molar-refractivity contribution is 5.81. The SMILES string of the molecule is CCN(CC(=O)NC(C)c1cccc(OCc2ccccn2)c1)c1ccccc1. The second kappa shape index (κ2) is 10.3. The number of para-hydroxylation sites is 1. The molecular formula is C24H27N3O2. The molecule has 1 aromatic heterocycles. The minimum Gasteiger partial charge on any atom is -0.487 e. The fourth-order valence-corrected chi connectivity index (χ4v) is 3.08. The van der Waals surface area contributed by atoms with Gasteiger partial charge in [-0.2, -0.15) is 0 Å². The van der Waals surface area contributed by atoms with Crippen molar-refractivity contribution in [1.82, 2.24) is 10.3 Å². The normalized spacial score (nSPS) is 11.5. The van der Waals surface area contributed by atoms with Gasteiger partial charge in [0, 0.05) is 18.4 Å². The van der Waals surface area contributed by atoms with Crippen LogP contribution in [0.1, 0.15) is 31.1 Å². The predicted molar refractivity (Wildman–Crippen MR) is 116 cm³/mol. The number of carbonyl (C=O) groups is 1. The quantitative estimate of drug-likeness (QED) is 0.591. The molecule has 0 spiro atoms. The molecule has 0 bridgehead atoms. The predicted octanol–water partition coefficient (Wildman–Crippen LogP) is 4.36. The first-order valence-corrected chi connectivity index (χ1v) is 9.87. The minimum atomic E-state index is -0.115. The second-order valence-electron chi connectivity index (χ2n) is 6.82. The number of likely N-dealkylation sites (N-methyl/N-ethyl adjacent to an activating group) is 1. The molecule has 5 heteroatoms. The van der Waals surface area contributed by atoms with Gasteiger partial charge in [-0.25, -0.2) is 0 Å². The molecule has 0 radical (unpaired) electrons. The lowest BCUT2D eigenvalue weighted by Gasteiger charge is -2.24. The minimum absolute atomic E-state index is 0.0111. The zero-order valence-electron chi connectivity index (χ0n) is 16.9. The van der Waals surface area contributed by atoms with Gasteiger partial charge in [0.05, 0.1) is 18.3 Å². The number of nitrogens with one attached hydrogen (secondary N) is 1. The average molecular weight is 389 g/mol. The first-order chi connectivity index (χ1) is 14.2. The van der Waals surface area contributed by atoms with Gasteiger partial charge in [0.15, 0.2) is 0 Å². The van der Waals surface area contributed by atoms with Crippen LogP contribution in [0.5, 0.6) is 5.75 Å². The van der Waals surface area contributed by atoms with Gasteiger partial charge in [-0.1, -0.05) is 36.4 Å². The Morgan fingerprint density at radius 2 is 1.86 bits per heavy atom. The summed E-state index contributed by atoms with van der Waals surface area (Å²) in [5.74, 6) is 0.747. The van der Waals surface area contributed by atoms with Crippen LogP contribution in [0, 0.1) is 0 Å². The Labute approximate surface area is 172 Å². The van der Waals surface area contributed by atoms with Gasteiger partial charge in [0.2, 0.25) is 5.91 Å². The summed E-state index contributed by atoms with van der Waals surface area (Å²) in [6, 6.07) is 23.4. The van der Waals surface area contributed by atoms with E-state index < -0.39 is 0 Å². The van der Waals surface area contributed by atoms with Crippen molar-refractivity contribution < 1.29 is 9.53 Å². The van der Waals surface area contributed by atoms with E-state index in [1.54, 1.807) is 6.20 Å². The maximum absolute atomic E-state index is 12.6. The zero-order chi connectivity index (χ0) is 20.5. The van der Waals surface area contributed by atoms with Crippen molar-refractivity contribution in [2.75, 3.05) is 18.0 Å². The van der Waals surface area contributed by atoms with Crippen LogP contribution >= 0.6 is 0 Å². The number of aromatic nitrogens is 1. The fourth-order valence-electron chi connectivity index (χ4n) is 3.08. The summed E-state index contributed by atoms with van der Waals surface area (Å²) in [7, 11) is 0. The third-order valence-electron chi connectivity index (χ3n) is 4.69. The Balaban J connectivity index is 1.57. The molecule has 0 aliphatic rings. The number of amides is 1. The van der Waals surface area contributed by atoms with Crippen LogP contribution in [-0.2, 0) is 11.4 Å². The highest BCUT2D eigenvalue weighted by Gasteiger charge is 2.14. The Kier molecular flexibility index (Phi) is 7.22. The van der Waals surface area contributed by atoms with E-state index in [0.29, 0.717) is 13.2 Å². The Morgan fingerprint density at radius 1 is 1.07 bits per heavy atom. The van der Waals surface area contributed by atoms with Gasteiger partial charge in [0.25, 0.3) is 0 Å². The maximum atomic E-state index is 12.6. The van der Waals surface area contributed by atoms with Crippen LogP contribution in [-0.4, -0.2) is 24.0 Å². The van der Waals surface area contributed by atoms with Gasteiger partial charge in [-0.15, -0.1) is 0 Å². The van der Waals surface area contributed by atoms with E-state index in [0.717, 1.165) is 29.2 Å². The highest BCUT2D eigenvalue weighted by Crippen LogP contribution is 2.20. The van der Waals surface area contributed by atoms with Crippen molar-refractivity contribution in [3.8, 4) is 5.75 Å². The number of benzene rings is 2. The molecule has 0 saturated carbocycles. The number of pyridine rings is 1. The van der Waals surface area contributed by atoms with Gasteiger partial charge < -0.3 is 15.0 Å². The smallest absolute Gasteiger partial charge is 0.239 e. The molecule has 1 atom stereocenters. The van der Waals surface area contributed by atoms with Crippen LogP contribution < -0.4 is 15.0 Å². The second-order valence-corrected chi connectivity index (χ2v) is 6.82. The average Bonchev–Trinajstić information content (AvgIpc) is 2.77. The number of nitrogens with zero attached hydrogens (tertiary/aromatic N) is 2. The Hall–Kier alpha value is -3.34. The molecule has 0 aliphatic heterocycles. The molecule has 0 fully saturated rings. The zero-order valence-corrected chi connectivity index (χ0v) is 16.9. The highest BCUT2D eigenvalue weighted by atomic mass is 16.5. The van der Waals surface area contributed by atoms with E-state index in [-0.39, 0.29) is 11.9 Å². The summed E-state index contributed by atoms with van der Waals surface area (Å²) in [4.78, 5) is 18.9. The summed E-state index contributed by atoms with van der Waals surface area (Å²) in [6.45, 7) is 5.53. The van der Waals surface area contributed by atoms with Crippen molar-refractivity contribution in [1.29, 1.82) is 0 Å². The number of hydrogen-bond donors (Lipinski definition) is 1. The van der Waals surface area contributed by atoms with E-state index >= 15 is 0 Å². The number of hydrogen-bond acceptors (Lipinski definition) is 4.